The second kappa shape index (κ2) is 12.9. The van der Waals surface area contributed by atoms with Crippen LogP contribution in [0.3, 0.4) is 0 Å². The zero-order valence-corrected chi connectivity index (χ0v) is 28.9. The van der Waals surface area contributed by atoms with E-state index in [2.05, 4.69) is 168 Å². The van der Waals surface area contributed by atoms with Crippen LogP contribution in [-0.2, 0) is 0 Å². The molecule has 0 bridgehead atoms. The van der Waals surface area contributed by atoms with Crippen LogP contribution in [0, 0.1) is 0 Å². The maximum Gasteiger partial charge on any atom is 0.160 e. The quantitative estimate of drug-likeness (QED) is 0.176. The van der Waals surface area contributed by atoms with E-state index >= 15 is 0 Å². The number of rotatable bonds is 6. The second-order valence-corrected chi connectivity index (χ2v) is 13.5. The molecule has 0 N–H and O–H groups in total. The van der Waals surface area contributed by atoms with Gasteiger partial charge in [0.2, 0.25) is 0 Å². The lowest BCUT2D eigenvalue weighted by Gasteiger charge is -2.11. The molecule has 0 saturated carbocycles. The third-order valence-corrected chi connectivity index (χ3v) is 10.2. The summed E-state index contributed by atoms with van der Waals surface area (Å²) in [6.45, 7) is 0. The van der Waals surface area contributed by atoms with Crippen LogP contribution in [0.25, 0.3) is 94.4 Å². The first-order valence-corrected chi connectivity index (χ1v) is 18.0. The van der Waals surface area contributed by atoms with Crippen molar-refractivity contribution in [1.29, 1.82) is 0 Å². The van der Waals surface area contributed by atoms with E-state index in [-0.39, 0.29) is 0 Å². The molecule has 10 rings (SSSR count). The summed E-state index contributed by atoms with van der Waals surface area (Å²) in [4.78, 5) is 9.95. The topological polar surface area (TPSA) is 30.7 Å². The van der Waals surface area contributed by atoms with Gasteiger partial charge in [0.1, 0.15) is 0 Å². The van der Waals surface area contributed by atoms with Crippen molar-refractivity contribution >= 4 is 32.6 Å². The first-order chi connectivity index (χ1) is 26.2. The molecule has 0 atom stereocenters. The number of hydrogen-bond acceptors (Lipinski definition) is 2. The molecule has 10 aromatic rings. The average Bonchev–Trinajstić information content (AvgIpc) is 3.58. The number of aromatic nitrogens is 3. The normalized spacial score (nSPS) is 11.4. The van der Waals surface area contributed by atoms with Gasteiger partial charge in [0.25, 0.3) is 0 Å². The lowest BCUT2D eigenvalue weighted by atomic mass is 9.97. The molecule has 0 aliphatic carbocycles. The highest BCUT2D eigenvalue weighted by Gasteiger charge is 2.13. The van der Waals surface area contributed by atoms with E-state index in [1.807, 2.05) is 36.4 Å². The summed E-state index contributed by atoms with van der Waals surface area (Å²) in [7, 11) is 0. The maximum absolute atomic E-state index is 5.01. The summed E-state index contributed by atoms with van der Waals surface area (Å²) in [6.07, 6.45) is 0. The van der Waals surface area contributed by atoms with Crippen molar-refractivity contribution in [2.75, 3.05) is 0 Å². The lowest BCUT2D eigenvalue weighted by molar-refractivity contribution is 1.18. The van der Waals surface area contributed by atoms with Crippen LogP contribution in [0.15, 0.2) is 200 Å². The van der Waals surface area contributed by atoms with E-state index in [4.69, 9.17) is 9.97 Å². The van der Waals surface area contributed by atoms with Crippen molar-refractivity contribution < 1.29 is 0 Å². The third-order valence-electron chi connectivity index (χ3n) is 10.2. The van der Waals surface area contributed by atoms with Gasteiger partial charge in [0.05, 0.1) is 22.4 Å². The molecule has 0 saturated heterocycles. The van der Waals surface area contributed by atoms with Crippen LogP contribution in [0.5, 0.6) is 0 Å². The monoisotopic (exact) mass is 675 g/mol. The molecule has 0 spiro atoms. The van der Waals surface area contributed by atoms with E-state index in [0.29, 0.717) is 0 Å². The fourth-order valence-corrected chi connectivity index (χ4v) is 7.51. The number of para-hydroxylation sites is 2. The molecule has 2 aromatic heterocycles. The van der Waals surface area contributed by atoms with Crippen LogP contribution >= 0.6 is 0 Å². The van der Waals surface area contributed by atoms with E-state index in [1.165, 1.54) is 54.8 Å². The number of benzene rings is 8. The molecule has 53 heavy (non-hydrogen) atoms. The van der Waals surface area contributed by atoms with E-state index in [0.717, 1.165) is 39.6 Å². The van der Waals surface area contributed by atoms with Crippen molar-refractivity contribution in [2.24, 2.45) is 0 Å². The predicted octanol–water partition coefficient (Wildman–Crippen LogP) is 13.1. The molecule has 8 aromatic carbocycles. The summed E-state index contributed by atoms with van der Waals surface area (Å²) in [6, 6.07) is 71.0. The largest absolute Gasteiger partial charge is 0.309 e. The Bertz CT molecular complexity index is 2800. The average molecular weight is 676 g/mol. The molecule has 248 valence electrons. The smallest absolute Gasteiger partial charge is 0.160 e. The van der Waals surface area contributed by atoms with E-state index in [9.17, 15) is 0 Å². The zero-order chi connectivity index (χ0) is 35.1. The van der Waals surface area contributed by atoms with Gasteiger partial charge in [-0.1, -0.05) is 158 Å². The highest BCUT2D eigenvalue weighted by molar-refractivity contribution is 6.09. The first-order valence-electron chi connectivity index (χ1n) is 18.0. The summed E-state index contributed by atoms with van der Waals surface area (Å²) in [5.74, 6) is 0.721. The van der Waals surface area contributed by atoms with Gasteiger partial charge in [-0.3, -0.25) is 0 Å². The molecule has 2 heterocycles. The summed E-state index contributed by atoms with van der Waals surface area (Å²) in [5, 5.41) is 4.99. The Labute approximate surface area is 308 Å². The second-order valence-electron chi connectivity index (χ2n) is 13.5. The highest BCUT2D eigenvalue weighted by Crippen LogP contribution is 2.34. The van der Waals surface area contributed by atoms with Crippen LogP contribution in [0.1, 0.15) is 0 Å². The Morgan fingerprint density at radius 3 is 1.26 bits per heavy atom. The van der Waals surface area contributed by atoms with Crippen molar-refractivity contribution in [2.45, 2.75) is 0 Å². The fourth-order valence-electron chi connectivity index (χ4n) is 7.51. The van der Waals surface area contributed by atoms with Gasteiger partial charge >= 0.3 is 0 Å². The Morgan fingerprint density at radius 2 is 0.717 bits per heavy atom. The molecule has 3 nitrogen and oxygen atoms in total. The summed E-state index contributed by atoms with van der Waals surface area (Å²) in [5.41, 5.74) is 13.3. The molecular weight excluding hydrogens is 643 g/mol. The Morgan fingerprint density at radius 1 is 0.302 bits per heavy atom. The Kier molecular flexibility index (Phi) is 7.47. The molecule has 0 aliphatic rings. The minimum absolute atomic E-state index is 0.721. The van der Waals surface area contributed by atoms with Gasteiger partial charge < -0.3 is 4.57 Å². The lowest BCUT2D eigenvalue weighted by Crippen LogP contribution is -1.95. The predicted molar refractivity (Wildman–Crippen MR) is 221 cm³/mol. The minimum Gasteiger partial charge on any atom is -0.309 e. The van der Waals surface area contributed by atoms with Gasteiger partial charge in [-0.15, -0.1) is 0 Å². The number of hydrogen-bond donors (Lipinski definition) is 0. The Hall–Kier alpha value is -7.10. The molecule has 3 heteroatoms. The van der Waals surface area contributed by atoms with Crippen LogP contribution in [0.4, 0.5) is 0 Å². The van der Waals surface area contributed by atoms with Crippen molar-refractivity contribution in [3.8, 4) is 61.8 Å². The maximum atomic E-state index is 5.01. The highest BCUT2D eigenvalue weighted by atomic mass is 15.0. The summed E-state index contributed by atoms with van der Waals surface area (Å²) < 4.78 is 2.36. The van der Waals surface area contributed by atoms with Crippen molar-refractivity contribution in [3.63, 3.8) is 0 Å². The van der Waals surface area contributed by atoms with Gasteiger partial charge in [-0.25, -0.2) is 9.97 Å². The molecular formula is C50H33N3. The third kappa shape index (κ3) is 5.65. The van der Waals surface area contributed by atoms with Gasteiger partial charge in [-0.2, -0.15) is 0 Å². The standard InChI is InChI=1S/C50H33N3/c1-3-11-36(12-4-1)46-33-47(52-50(51-46)38-13-5-2-6-14-38)37-21-19-34(20-22-37)39-23-25-42-32-40(24-26-41(42)31-39)35-27-29-43(30-28-35)53-48-17-9-7-15-44(48)45-16-8-10-18-49(45)53/h1-33H. The van der Waals surface area contributed by atoms with Crippen molar-refractivity contribution in [3.05, 3.63) is 200 Å². The number of fused-ring (bicyclic) bond motifs is 4. The van der Waals surface area contributed by atoms with Gasteiger partial charge in [0, 0.05) is 33.2 Å². The molecule has 0 amide bonds. The first kappa shape index (κ1) is 30.7. The number of nitrogens with zero attached hydrogens (tertiary/aromatic N) is 3. The van der Waals surface area contributed by atoms with Crippen LogP contribution in [-0.4, -0.2) is 14.5 Å². The van der Waals surface area contributed by atoms with Gasteiger partial charge in [-0.05, 0) is 75.5 Å². The molecule has 0 fully saturated rings. The van der Waals surface area contributed by atoms with Gasteiger partial charge in [0.15, 0.2) is 5.82 Å². The summed E-state index contributed by atoms with van der Waals surface area (Å²) >= 11 is 0. The fraction of sp³-hybridized carbons (Fsp3) is 0. The van der Waals surface area contributed by atoms with Crippen LogP contribution < -0.4 is 0 Å². The SMILES string of the molecule is c1ccc(-c2cc(-c3ccc(-c4ccc5cc(-c6ccc(-n7c8ccccc8c8ccccc87)cc6)ccc5c4)cc3)nc(-c3ccccc3)n2)cc1. The zero-order valence-electron chi connectivity index (χ0n) is 28.9. The van der Waals surface area contributed by atoms with E-state index < -0.39 is 0 Å². The van der Waals surface area contributed by atoms with Crippen molar-refractivity contribution in [1.82, 2.24) is 14.5 Å². The minimum atomic E-state index is 0.721. The Balaban J connectivity index is 0.935. The molecule has 0 aliphatic heterocycles. The molecule has 0 unspecified atom stereocenters. The van der Waals surface area contributed by atoms with Crippen LogP contribution in [0.2, 0.25) is 0 Å². The molecule has 0 radical (unpaired) electrons. The van der Waals surface area contributed by atoms with E-state index in [1.54, 1.807) is 0 Å².